The standard InChI is InChI=1S/C13H18ClNO/c1-9-3-5-11(14)7-13(9)15-8-12-6-4-10(2)16-12/h3,5,7,10,12,15H,4,6,8H2,1-2H3. The van der Waals surface area contributed by atoms with Crippen molar-refractivity contribution in [3.8, 4) is 0 Å². The second-order valence-corrected chi connectivity index (χ2v) is 4.92. The van der Waals surface area contributed by atoms with Gasteiger partial charge in [-0.2, -0.15) is 0 Å². The molecule has 1 heterocycles. The van der Waals surface area contributed by atoms with Gasteiger partial charge >= 0.3 is 0 Å². The minimum absolute atomic E-state index is 0.341. The van der Waals surface area contributed by atoms with Crippen LogP contribution in [-0.2, 0) is 4.74 Å². The number of halogens is 1. The highest BCUT2D eigenvalue weighted by Gasteiger charge is 2.21. The number of hydrogen-bond donors (Lipinski definition) is 1. The summed E-state index contributed by atoms with van der Waals surface area (Å²) in [6.07, 6.45) is 3.06. The average Bonchev–Trinajstić information content (AvgIpc) is 2.66. The predicted octanol–water partition coefficient (Wildman–Crippen LogP) is 3.63. The molecule has 2 rings (SSSR count). The summed E-state index contributed by atoms with van der Waals surface area (Å²) in [6, 6.07) is 5.91. The molecule has 2 nitrogen and oxygen atoms in total. The Morgan fingerprint density at radius 3 is 2.94 bits per heavy atom. The molecule has 0 bridgehead atoms. The lowest BCUT2D eigenvalue weighted by atomic mass is 10.2. The van der Waals surface area contributed by atoms with Gasteiger partial charge in [0.15, 0.2) is 0 Å². The molecule has 1 fully saturated rings. The van der Waals surface area contributed by atoms with E-state index in [1.807, 2.05) is 18.2 Å². The quantitative estimate of drug-likeness (QED) is 0.870. The van der Waals surface area contributed by atoms with Crippen molar-refractivity contribution in [1.29, 1.82) is 0 Å². The van der Waals surface area contributed by atoms with Gasteiger partial charge in [-0.3, -0.25) is 0 Å². The van der Waals surface area contributed by atoms with E-state index in [0.717, 1.165) is 23.7 Å². The summed E-state index contributed by atoms with van der Waals surface area (Å²) in [5, 5.41) is 4.18. The maximum Gasteiger partial charge on any atom is 0.0751 e. The molecule has 0 aromatic heterocycles. The lowest BCUT2D eigenvalue weighted by Crippen LogP contribution is -2.20. The molecule has 1 saturated heterocycles. The lowest BCUT2D eigenvalue weighted by Gasteiger charge is -2.15. The first-order chi connectivity index (χ1) is 7.65. The minimum atomic E-state index is 0.341. The highest BCUT2D eigenvalue weighted by Crippen LogP contribution is 2.23. The monoisotopic (exact) mass is 239 g/mol. The minimum Gasteiger partial charge on any atom is -0.382 e. The molecular weight excluding hydrogens is 222 g/mol. The van der Waals surface area contributed by atoms with Gasteiger partial charge in [0.1, 0.15) is 0 Å². The van der Waals surface area contributed by atoms with Gasteiger partial charge in [0, 0.05) is 17.3 Å². The first-order valence-corrected chi connectivity index (χ1v) is 6.18. The van der Waals surface area contributed by atoms with E-state index in [9.17, 15) is 0 Å². The van der Waals surface area contributed by atoms with Crippen LogP contribution in [0.4, 0.5) is 5.69 Å². The van der Waals surface area contributed by atoms with Crippen molar-refractivity contribution in [2.75, 3.05) is 11.9 Å². The Hall–Kier alpha value is -0.730. The van der Waals surface area contributed by atoms with Crippen molar-refractivity contribution in [2.24, 2.45) is 0 Å². The molecule has 1 aliphatic rings. The van der Waals surface area contributed by atoms with Crippen LogP contribution in [-0.4, -0.2) is 18.8 Å². The van der Waals surface area contributed by atoms with Gasteiger partial charge in [-0.15, -0.1) is 0 Å². The van der Waals surface area contributed by atoms with Crippen LogP contribution in [0.2, 0.25) is 5.02 Å². The average molecular weight is 240 g/mol. The number of anilines is 1. The highest BCUT2D eigenvalue weighted by atomic mass is 35.5. The molecule has 3 heteroatoms. The van der Waals surface area contributed by atoms with E-state index >= 15 is 0 Å². The van der Waals surface area contributed by atoms with Crippen molar-refractivity contribution < 1.29 is 4.74 Å². The molecule has 16 heavy (non-hydrogen) atoms. The Kier molecular flexibility index (Phi) is 3.72. The normalized spacial score (nSPS) is 24.7. The van der Waals surface area contributed by atoms with E-state index in [1.54, 1.807) is 0 Å². The molecule has 1 N–H and O–H groups in total. The number of benzene rings is 1. The SMILES string of the molecule is Cc1ccc(Cl)cc1NCC1CCC(C)O1. The van der Waals surface area contributed by atoms with E-state index < -0.39 is 0 Å². The summed E-state index contributed by atoms with van der Waals surface area (Å²) in [7, 11) is 0. The first kappa shape index (κ1) is 11.7. The van der Waals surface area contributed by atoms with Crippen molar-refractivity contribution in [2.45, 2.75) is 38.9 Å². The van der Waals surface area contributed by atoms with Crippen molar-refractivity contribution in [3.05, 3.63) is 28.8 Å². The molecule has 1 aromatic carbocycles. The molecule has 0 spiro atoms. The number of ether oxygens (including phenoxy) is 1. The van der Waals surface area contributed by atoms with E-state index in [1.165, 1.54) is 12.0 Å². The van der Waals surface area contributed by atoms with E-state index in [-0.39, 0.29) is 0 Å². The Balaban J connectivity index is 1.91. The number of hydrogen-bond acceptors (Lipinski definition) is 2. The summed E-state index contributed by atoms with van der Waals surface area (Å²) in [5.41, 5.74) is 2.33. The van der Waals surface area contributed by atoms with Crippen LogP contribution in [0.15, 0.2) is 18.2 Å². The van der Waals surface area contributed by atoms with Gasteiger partial charge in [-0.05, 0) is 44.4 Å². The van der Waals surface area contributed by atoms with Crippen LogP contribution in [0.5, 0.6) is 0 Å². The van der Waals surface area contributed by atoms with Crippen molar-refractivity contribution in [1.82, 2.24) is 0 Å². The van der Waals surface area contributed by atoms with Crippen molar-refractivity contribution >= 4 is 17.3 Å². The third-order valence-electron chi connectivity index (χ3n) is 3.04. The zero-order valence-electron chi connectivity index (χ0n) is 9.79. The zero-order chi connectivity index (χ0) is 11.5. The van der Waals surface area contributed by atoms with E-state index in [4.69, 9.17) is 16.3 Å². The van der Waals surface area contributed by atoms with Crippen LogP contribution < -0.4 is 5.32 Å². The Labute approximate surface area is 102 Å². The van der Waals surface area contributed by atoms with Crippen LogP contribution in [0.3, 0.4) is 0 Å². The van der Waals surface area contributed by atoms with Gasteiger partial charge in [0.2, 0.25) is 0 Å². The third-order valence-corrected chi connectivity index (χ3v) is 3.27. The number of rotatable bonds is 3. The molecule has 0 amide bonds. The Morgan fingerprint density at radius 1 is 1.44 bits per heavy atom. The Morgan fingerprint density at radius 2 is 2.25 bits per heavy atom. The van der Waals surface area contributed by atoms with Crippen LogP contribution in [0.25, 0.3) is 0 Å². The first-order valence-electron chi connectivity index (χ1n) is 5.80. The number of nitrogens with one attached hydrogen (secondary N) is 1. The predicted molar refractivity (Wildman–Crippen MR) is 68.2 cm³/mol. The van der Waals surface area contributed by atoms with Gasteiger partial charge in [-0.1, -0.05) is 17.7 Å². The Bertz CT molecular complexity index is 367. The molecule has 1 aromatic rings. The van der Waals surface area contributed by atoms with E-state index in [2.05, 4.69) is 19.2 Å². The second-order valence-electron chi connectivity index (χ2n) is 4.49. The van der Waals surface area contributed by atoms with Crippen molar-refractivity contribution in [3.63, 3.8) is 0 Å². The van der Waals surface area contributed by atoms with Gasteiger partial charge in [-0.25, -0.2) is 0 Å². The number of aryl methyl sites for hydroxylation is 1. The summed E-state index contributed by atoms with van der Waals surface area (Å²) in [6.45, 7) is 5.08. The van der Waals surface area contributed by atoms with Gasteiger partial charge < -0.3 is 10.1 Å². The molecule has 2 unspecified atom stereocenters. The molecule has 1 aliphatic heterocycles. The molecule has 0 saturated carbocycles. The summed E-state index contributed by atoms with van der Waals surface area (Å²) in [4.78, 5) is 0. The zero-order valence-corrected chi connectivity index (χ0v) is 10.6. The summed E-state index contributed by atoms with van der Waals surface area (Å²) in [5.74, 6) is 0. The highest BCUT2D eigenvalue weighted by molar-refractivity contribution is 6.30. The third kappa shape index (κ3) is 2.89. The molecule has 0 aliphatic carbocycles. The summed E-state index contributed by atoms with van der Waals surface area (Å²) >= 11 is 5.96. The van der Waals surface area contributed by atoms with E-state index in [0.29, 0.717) is 12.2 Å². The second kappa shape index (κ2) is 5.07. The fourth-order valence-electron chi connectivity index (χ4n) is 2.04. The smallest absolute Gasteiger partial charge is 0.0751 e. The van der Waals surface area contributed by atoms with Crippen LogP contribution >= 0.6 is 11.6 Å². The molecular formula is C13H18ClNO. The fourth-order valence-corrected chi connectivity index (χ4v) is 2.22. The van der Waals surface area contributed by atoms with Crippen LogP contribution in [0, 0.1) is 6.92 Å². The summed E-state index contributed by atoms with van der Waals surface area (Å²) < 4.78 is 5.76. The molecule has 88 valence electrons. The molecule has 2 atom stereocenters. The lowest BCUT2D eigenvalue weighted by molar-refractivity contribution is 0.0637. The van der Waals surface area contributed by atoms with Gasteiger partial charge in [0.25, 0.3) is 0 Å². The largest absolute Gasteiger partial charge is 0.382 e. The van der Waals surface area contributed by atoms with Gasteiger partial charge in [0.05, 0.1) is 12.2 Å². The topological polar surface area (TPSA) is 21.3 Å². The maximum absolute atomic E-state index is 5.96. The maximum atomic E-state index is 5.96. The molecule has 0 radical (unpaired) electrons. The fraction of sp³-hybridized carbons (Fsp3) is 0.538. The van der Waals surface area contributed by atoms with Crippen LogP contribution in [0.1, 0.15) is 25.3 Å².